The number of ether oxygens (including phenoxy) is 2. The molecule has 0 aromatic rings. The Hall–Kier alpha value is -0.520. The zero-order chi connectivity index (χ0) is 6.69. The Kier molecular flexibility index (Phi) is 2.10. The number of rotatable bonds is 3. The van der Waals surface area contributed by atoms with Gasteiger partial charge in [-0.05, 0) is 6.92 Å². The van der Waals surface area contributed by atoms with E-state index in [-0.39, 0.29) is 6.10 Å². The van der Waals surface area contributed by atoms with Crippen LogP contribution in [0.25, 0.3) is 0 Å². The highest BCUT2D eigenvalue weighted by atomic mass is 16.6. The first-order chi connectivity index (χ1) is 4.33. The van der Waals surface area contributed by atoms with Crippen molar-refractivity contribution in [3.63, 3.8) is 0 Å². The Labute approximate surface area is 55.1 Å². The van der Waals surface area contributed by atoms with Crippen LogP contribution in [-0.4, -0.2) is 25.4 Å². The van der Waals surface area contributed by atoms with Gasteiger partial charge in [0, 0.05) is 0 Å². The summed E-state index contributed by atoms with van der Waals surface area (Å²) in [6.07, 6.45) is 5.31. The van der Waals surface area contributed by atoms with E-state index >= 15 is 0 Å². The summed E-state index contributed by atoms with van der Waals surface area (Å²) in [5.41, 5.74) is 0. The molecule has 0 unspecified atom stereocenters. The molecule has 2 atom stereocenters. The third-order valence-electron chi connectivity index (χ3n) is 1.17. The van der Waals surface area contributed by atoms with Gasteiger partial charge in [-0.1, -0.05) is 5.92 Å². The molecule has 2 nitrogen and oxygen atoms in total. The van der Waals surface area contributed by atoms with Gasteiger partial charge in [0.05, 0.1) is 13.2 Å². The number of hydrogen-bond acceptors (Lipinski definition) is 2. The van der Waals surface area contributed by atoms with Crippen LogP contribution < -0.4 is 0 Å². The molecule has 0 aromatic heterocycles. The Morgan fingerprint density at radius 3 is 3.11 bits per heavy atom. The SMILES string of the molecule is C#C[C@H](C)OC[C@H]1CO1. The molecule has 0 amide bonds. The third-order valence-corrected chi connectivity index (χ3v) is 1.17. The zero-order valence-corrected chi connectivity index (χ0v) is 5.46. The summed E-state index contributed by atoms with van der Waals surface area (Å²) in [7, 11) is 0. The molecule has 0 spiro atoms. The topological polar surface area (TPSA) is 21.8 Å². The number of terminal acetylenes is 1. The summed E-state index contributed by atoms with van der Waals surface area (Å²) in [4.78, 5) is 0. The summed E-state index contributed by atoms with van der Waals surface area (Å²) in [5.74, 6) is 2.47. The standard InChI is InChI=1S/C7H10O2/c1-3-6(2)8-4-7-5-9-7/h1,6-7H,4-5H2,2H3/t6-,7-/m0/s1. The molecule has 2 heteroatoms. The van der Waals surface area contributed by atoms with Crippen molar-refractivity contribution >= 4 is 0 Å². The lowest BCUT2D eigenvalue weighted by Crippen LogP contribution is -2.09. The molecule has 0 aliphatic carbocycles. The summed E-state index contributed by atoms with van der Waals surface area (Å²) >= 11 is 0. The first-order valence-corrected chi connectivity index (χ1v) is 3.02. The van der Waals surface area contributed by atoms with Gasteiger partial charge in [-0.3, -0.25) is 0 Å². The van der Waals surface area contributed by atoms with E-state index < -0.39 is 0 Å². The van der Waals surface area contributed by atoms with Gasteiger partial charge < -0.3 is 9.47 Å². The van der Waals surface area contributed by atoms with Crippen LogP contribution in [0.15, 0.2) is 0 Å². The van der Waals surface area contributed by atoms with Crippen LogP contribution in [0.3, 0.4) is 0 Å². The second kappa shape index (κ2) is 2.86. The maximum Gasteiger partial charge on any atom is 0.115 e. The highest BCUT2D eigenvalue weighted by molar-refractivity contribution is 4.91. The van der Waals surface area contributed by atoms with E-state index in [2.05, 4.69) is 5.92 Å². The van der Waals surface area contributed by atoms with E-state index in [1.54, 1.807) is 0 Å². The van der Waals surface area contributed by atoms with Gasteiger partial charge in [-0.15, -0.1) is 6.42 Å². The molecule has 1 aliphatic heterocycles. The van der Waals surface area contributed by atoms with Crippen LogP contribution in [0.4, 0.5) is 0 Å². The fourth-order valence-electron chi connectivity index (χ4n) is 0.464. The lowest BCUT2D eigenvalue weighted by Gasteiger charge is -2.02. The molecule has 50 valence electrons. The minimum Gasteiger partial charge on any atom is -0.371 e. The molecule has 0 radical (unpaired) electrons. The quantitative estimate of drug-likeness (QED) is 0.404. The monoisotopic (exact) mass is 126 g/mol. The average Bonchev–Trinajstić information content (AvgIpc) is 2.65. The van der Waals surface area contributed by atoms with Crippen molar-refractivity contribution in [1.29, 1.82) is 0 Å². The third kappa shape index (κ3) is 2.50. The van der Waals surface area contributed by atoms with Crippen molar-refractivity contribution in [2.45, 2.75) is 19.1 Å². The predicted octanol–water partition coefficient (Wildman–Crippen LogP) is 0.423. The average molecular weight is 126 g/mol. The molecule has 0 bridgehead atoms. The van der Waals surface area contributed by atoms with E-state index in [4.69, 9.17) is 15.9 Å². The Bertz CT molecular complexity index is 121. The molecule has 0 N–H and O–H groups in total. The van der Waals surface area contributed by atoms with Crippen molar-refractivity contribution in [3.8, 4) is 12.3 Å². The maximum absolute atomic E-state index is 5.15. The van der Waals surface area contributed by atoms with Gasteiger partial charge in [0.1, 0.15) is 12.2 Å². The minimum absolute atomic E-state index is 0.0748. The van der Waals surface area contributed by atoms with Crippen molar-refractivity contribution in [3.05, 3.63) is 0 Å². The number of hydrogen-bond donors (Lipinski definition) is 0. The fourth-order valence-corrected chi connectivity index (χ4v) is 0.464. The van der Waals surface area contributed by atoms with Crippen LogP contribution in [0.1, 0.15) is 6.92 Å². The van der Waals surface area contributed by atoms with Gasteiger partial charge in [-0.2, -0.15) is 0 Å². The summed E-state index contributed by atoms with van der Waals surface area (Å²) in [6, 6.07) is 0. The predicted molar refractivity (Wildman–Crippen MR) is 34.0 cm³/mol. The first-order valence-electron chi connectivity index (χ1n) is 3.02. The van der Waals surface area contributed by atoms with Crippen LogP contribution >= 0.6 is 0 Å². The van der Waals surface area contributed by atoms with E-state index in [9.17, 15) is 0 Å². The molecule has 0 aromatic carbocycles. The summed E-state index contributed by atoms with van der Waals surface area (Å²) < 4.78 is 10.1. The molecule has 1 aliphatic rings. The van der Waals surface area contributed by atoms with E-state index in [0.717, 1.165) is 6.61 Å². The molecule has 1 heterocycles. The molecular formula is C7H10O2. The van der Waals surface area contributed by atoms with Crippen molar-refractivity contribution in [1.82, 2.24) is 0 Å². The zero-order valence-electron chi connectivity index (χ0n) is 5.46. The Morgan fingerprint density at radius 2 is 2.67 bits per heavy atom. The summed E-state index contributed by atoms with van der Waals surface area (Å²) in [5, 5.41) is 0. The fraction of sp³-hybridized carbons (Fsp3) is 0.714. The maximum atomic E-state index is 5.15. The van der Waals surface area contributed by atoms with Gasteiger partial charge in [0.15, 0.2) is 0 Å². The van der Waals surface area contributed by atoms with Crippen molar-refractivity contribution in [2.24, 2.45) is 0 Å². The van der Waals surface area contributed by atoms with Crippen LogP contribution in [0.5, 0.6) is 0 Å². The molecule has 1 fully saturated rings. The first kappa shape index (κ1) is 6.60. The minimum atomic E-state index is -0.0748. The van der Waals surface area contributed by atoms with Gasteiger partial charge in [0.2, 0.25) is 0 Å². The lowest BCUT2D eigenvalue weighted by molar-refractivity contribution is 0.0888. The van der Waals surface area contributed by atoms with Gasteiger partial charge in [0.25, 0.3) is 0 Å². The highest BCUT2D eigenvalue weighted by Crippen LogP contribution is 2.09. The highest BCUT2D eigenvalue weighted by Gasteiger charge is 2.22. The van der Waals surface area contributed by atoms with Gasteiger partial charge in [-0.25, -0.2) is 0 Å². The molecule has 1 saturated heterocycles. The Morgan fingerprint density at radius 1 is 2.00 bits per heavy atom. The molecule has 0 saturated carbocycles. The van der Waals surface area contributed by atoms with Crippen LogP contribution in [0, 0.1) is 12.3 Å². The lowest BCUT2D eigenvalue weighted by atomic mass is 10.4. The van der Waals surface area contributed by atoms with Gasteiger partial charge >= 0.3 is 0 Å². The second-order valence-corrected chi connectivity index (χ2v) is 2.10. The smallest absolute Gasteiger partial charge is 0.115 e. The van der Waals surface area contributed by atoms with Crippen molar-refractivity contribution < 1.29 is 9.47 Å². The van der Waals surface area contributed by atoms with Crippen LogP contribution in [0.2, 0.25) is 0 Å². The molecule has 1 rings (SSSR count). The second-order valence-electron chi connectivity index (χ2n) is 2.10. The molecule has 9 heavy (non-hydrogen) atoms. The van der Waals surface area contributed by atoms with E-state index in [1.165, 1.54) is 0 Å². The summed E-state index contributed by atoms with van der Waals surface area (Å²) in [6.45, 7) is 3.32. The Balaban J connectivity index is 1.97. The van der Waals surface area contributed by atoms with E-state index in [0.29, 0.717) is 12.7 Å². The normalized spacial score (nSPS) is 26.9. The van der Waals surface area contributed by atoms with Crippen molar-refractivity contribution in [2.75, 3.05) is 13.2 Å². The van der Waals surface area contributed by atoms with E-state index in [1.807, 2.05) is 6.92 Å². The molecular weight excluding hydrogens is 116 g/mol. The van der Waals surface area contributed by atoms with Crippen LogP contribution in [-0.2, 0) is 9.47 Å². The number of epoxide rings is 1. The largest absolute Gasteiger partial charge is 0.371 e.